The number of nitrogens with one attached hydrogen (secondary N) is 1. The number of aromatic nitrogens is 1. The SMILES string of the molecule is c1ccc(-c2ccc(-c3noc4c3CNCC4)cc2)cc1. The van der Waals surface area contributed by atoms with Gasteiger partial charge in [-0.05, 0) is 11.1 Å². The number of fused-ring (bicyclic) bond motifs is 1. The van der Waals surface area contributed by atoms with Gasteiger partial charge in [-0.25, -0.2) is 0 Å². The molecule has 0 aliphatic carbocycles. The summed E-state index contributed by atoms with van der Waals surface area (Å²) in [7, 11) is 0. The molecule has 1 aromatic heterocycles. The molecule has 0 saturated carbocycles. The number of nitrogens with zero attached hydrogens (tertiary/aromatic N) is 1. The number of hydrogen-bond acceptors (Lipinski definition) is 3. The van der Waals surface area contributed by atoms with Crippen LogP contribution in [0.3, 0.4) is 0 Å². The van der Waals surface area contributed by atoms with Crippen LogP contribution in [0.15, 0.2) is 59.1 Å². The molecule has 0 spiro atoms. The molecule has 1 aliphatic rings. The van der Waals surface area contributed by atoms with Crippen LogP contribution < -0.4 is 5.32 Å². The summed E-state index contributed by atoms with van der Waals surface area (Å²) in [5.41, 5.74) is 5.73. The third-order valence-corrected chi connectivity index (χ3v) is 3.97. The molecule has 1 N–H and O–H groups in total. The molecule has 0 amide bonds. The van der Waals surface area contributed by atoms with Crippen LogP contribution in [-0.4, -0.2) is 11.7 Å². The highest BCUT2D eigenvalue weighted by molar-refractivity contribution is 5.70. The van der Waals surface area contributed by atoms with E-state index in [1.165, 1.54) is 16.7 Å². The average molecular weight is 276 g/mol. The summed E-state index contributed by atoms with van der Waals surface area (Å²) in [5.74, 6) is 1.02. The first-order valence-corrected chi connectivity index (χ1v) is 7.26. The van der Waals surface area contributed by atoms with Crippen molar-refractivity contribution < 1.29 is 4.52 Å². The molecule has 104 valence electrons. The minimum Gasteiger partial charge on any atom is -0.360 e. The highest BCUT2D eigenvalue weighted by Crippen LogP contribution is 2.29. The predicted octanol–water partition coefficient (Wildman–Crippen LogP) is 3.65. The lowest BCUT2D eigenvalue weighted by Crippen LogP contribution is -2.22. The van der Waals surface area contributed by atoms with Crippen LogP contribution in [0.1, 0.15) is 11.3 Å². The maximum atomic E-state index is 5.47. The monoisotopic (exact) mass is 276 g/mol. The maximum absolute atomic E-state index is 5.47. The van der Waals surface area contributed by atoms with Crippen molar-refractivity contribution in [2.24, 2.45) is 0 Å². The average Bonchev–Trinajstić information content (AvgIpc) is 3.00. The van der Waals surface area contributed by atoms with Gasteiger partial charge in [-0.3, -0.25) is 0 Å². The van der Waals surface area contributed by atoms with E-state index >= 15 is 0 Å². The second-order valence-electron chi connectivity index (χ2n) is 5.30. The Labute approximate surface area is 123 Å². The summed E-state index contributed by atoms with van der Waals surface area (Å²) in [5, 5.41) is 7.63. The van der Waals surface area contributed by atoms with Gasteiger partial charge in [0.15, 0.2) is 0 Å². The van der Waals surface area contributed by atoms with Crippen molar-refractivity contribution in [3.63, 3.8) is 0 Å². The van der Waals surface area contributed by atoms with Gasteiger partial charge in [0.1, 0.15) is 11.5 Å². The van der Waals surface area contributed by atoms with Gasteiger partial charge >= 0.3 is 0 Å². The van der Waals surface area contributed by atoms with Crippen molar-refractivity contribution >= 4 is 0 Å². The molecule has 3 heteroatoms. The van der Waals surface area contributed by atoms with Crippen LogP contribution in [0.4, 0.5) is 0 Å². The van der Waals surface area contributed by atoms with E-state index in [1.807, 2.05) is 6.07 Å². The zero-order valence-electron chi connectivity index (χ0n) is 11.7. The molecule has 2 aromatic carbocycles. The van der Waals surface area contributed by atoms with Gasteiger partial charge in [0, 0.05) is 30.6 Å². The Balaban J connectivity index is 1.69. The second kappa shape index (κ2) is 5.19. The maximum Gasteiger partial charge on any atom is 0.143 e. The van der Waals surface area contributed by atoms with E-state index in [2.05, 4.69) is 59.0 Å². The normalized spacial score (nSPS) is 13.9. The van der Waals surface area contributed by atoms with Crippen molar-refractivity contribution in [1.82, 2.24) is 10.5 Å². The summed E-state index contributed by atoms with van der Waals surface area (Å²) >= 11 is 0. The highest BCUT2D eigenvalue weighted by Gasteiger charge is 2.19. The number of hydrogen-bond donors (Lipinski definition) is 1. The first-order chi connectivity index (χ1) is 10.4. The molecule has 0 fully saturated rings. The number of benzene rings is 2. The van der Waals surface area contributed by atoms with Crippen molar-refractivity contribution in [1.29, 1.82) is 0 Å². The summed E-state index contributed by atoms with van der Waals surface area (Å²) in [6, 6.07) is 18.9. The smallest absolute Gasteiger partial charge is 0.143 e. The summed E-state index contributed by atoms with van der Waals surface area (Å²) in [6.07, 6.45) is 0.921. The van der Waals surface area contributed by atoms with E-state index in [1.54, 1.807) is 0 Å². The van der Waals surface area contributed by atoms with Crippen LogP contribution in [-0.2, 0) is 13.0 Å². The summed E-state index contributed by atoms with van der Waals surface area (Å²) in [6.45, 7) is 1.81. The van der Waals surface area contributed by atoms with E-state index in [9.17, 15) is 0 Å². The van der Waals surface area contributed by atoms with Crippen LogP contribution in [0.25, 0.3) is 22.4 Å². The molecular formula is C18H16N2O. The molecule has 2 heterocycles. The standard InChI is InChI=1S/C18H16N2O/c1-2-4-13(5-3-1)14-6-8-15(9-7-14)18-16-12-19-11-10-17(16)21-20-18/h1-9,19H,10-12H2. The lowest BCUT2D eigenvalue weighted by Gasteiger charge is -2.11. The third-order valence-electron chi connectivity index (χ3n) is 3.97. The molecule has 21 heavy (non-hydrogen) atoms. The molecule has 0 unspecified atom stereocenters. The zero-order valence-corrected chi connectivity index (χ0v) is 11.7. The van der Waals surface area contributed by atoms with Crippen LogP contribution >= 0.6 is 0 Å². The quantitative estimate of drug-likeness (QED) is 0.776. The van der Waals surface area contributed by atoms with Gasteiger partial charge in [-0.15, -0.1) is 0 Å². The molecule has 0 radical (unpaired) electrons. The van der Waals surface area contributed by atoms with Crippen molar-refractivity contribution in [3.8, 4) is 22.4 Å². The van der Waals surface area contributed by atoms with Gasteiger partial charge in [0.05, 0.1) is 0 Å². The third kappa shape index (κ3) is 2.26. The lowest BCUT2D eigenvalue weighted by atomic mass is 9.99. The zero-order chi connectivity index (χ0) is 14.1. The molecule has 1 aliphatic heterocycles. The van der Waals surface area contributed by atoms with Gasteiger partial charge < -0.3 is 9.84 Å². The van der Waals surface area contributed by atoms with Crippen molar-refractivity contribution in [3.05, 3.63) is 65.9 Å². The Morgan fingerprint density at radius 2 is 1.57 bits per heavy atom. The van der Waals surface area contributed by atoms with Crippen LogP contribution in [0, 0.1) is 0 Å². The van der Waals surface area contributed by atoms with Crippen LogP contribution in [0.2, 0.25) is 0 Å². The fourth-order valence-electron chi connectivity index (χ4n) is 2.82. The van der Waals surface area contributed by atoms with Crippen molar-refractivity contribution in [2.45, 2.75) is 13.0 Å². The highest BCUT2D eigenvalue weighted by atomic mass is 16.5. The second-order valence-corrected chi connectivity index (χ2v) is 5.30. The van der Waals surface area contributed by atoms with Crippen molar-refractivity contribution in [2.75, 3.05) is 6.54 Å². The van der Waals surface area contributed by atoms with Gasteiger partial charge in [-0.1, -0.05) is 59.8 Å². The van der Waals surface area contributed by atoms with E-state index in [4.69, 9.17) is 4.52 Å². The van der Waals surface area contributed by atoms with E-state index in [0.29, 0.717) is 0 Å². The molecular weight excluding hydrogens is 260 g/mol. The topological polar surface area (TPSA) is 38.1 Å². The van der Waals surface area contributed by atoms with Gasteiger partial charge in [0.2, 0.25) is 0 Å². The predicted molar refractivity (Wildman–Crippen MR) is 82.8 cm³/mol. The Morgan fingerprint density at radius 1 is 0.857 bits per heavy atom. The van der Waals surface area contributed by atoms with Gasteiger partial charge in [-0.2, -0.15) is 0 Å². The molecule has 4 rings (SSSR count). The summed E-state index contributed by atoms with van der Waals surface area (Å²) in [4.78, 5) is 0. The molecule has 3 nitrogen and oxygen atoms in total. The van der Waals surface area contributed by atoms with E-state index in [0.717, 1.165) is 36.5 Å². The molecule has 0 saturated heterocycles. The summed E-state index contributed by atoms with van der Waals surface area (Å²) < 4.78 is 5.47. The molecule has 3 aromatic rings. The first-order valence-electron chi connectivity index (χ1n) is 7.26. The Morgan fingerprint density at radius 3 is 2.38 bits per heavy atom. The minimum absolute atomic E-state index is 0.842. The minimum atomic E-state index is 0.842. The van der Waals surface area contributed by atoms with Gasteiger partial charge in [0.25, 0.3) is 0 Å². The molecule has 0 bridgehead atoms. The largest absolute Gasteiger partial charge is 0.360 e. The van der Waals surface area contributed by atoms with E-state index < -0.39 is 0 Å². The Kier molecular flexibility index (Phi) is 3.05. The Bertz CT molecular complexity index is 745. The first kappa shape index (κ1) is 12.4. The lowest BCUT2D eigenvalue weighted by molar-refractivity contribution is 0.374. The van der Waals surface area contributed by atoms with E-state index in [-0.39, 0.29) is 0 Å². The Hall–Kier alpha value is -2.39. The fourth-order valence-corrected chi connectivity index (χ4v) is 2.82. The fraction of sp³-hybridized carbons (Fsp3) is 0.167. The van der Waals surface area contributed by atoms with Crippen LogP contribution in [0.5, 0.6) is 0 Å². The number of rotatable bonds is 2. The molecule has 0 atom stereocenters.